The van der Waals surface area contributed by atoms with Crippen molar-refractivity contribution in [1.82, 2.24) is 0 Å². The van der Waals surface area contributed by atoms with Crippen LogP contribution in [0, 0.1) is 0 Å². The normalized spacial score (nSPS) is 5.20. The van der Waals surface area contributed by atoms with Crippen molar-refractivity contribution in [3.63, 3.8) is 0 Å². The minimum atomic E-state index is -1.83. The van der Waals surface area contributed by atoms with E-state index in [1.165, 1.54) is 0 Å². The highest BCUT2D eigenvalue weighted by Gasteiger charge is 1.65. The maximum atomic E-state index is 10.1. The number of hydrogen-bond acceptors (Lipinski definition) is 0. The molecule has 0 radical (unpaired) electrons. The SMILES string of the molecule is C=C(F)F.O. The molecule has 0 saturated carbocycles. The Bertz CT molecular complexity index is 30.6. The lowest BCUT2D eigenvalue weighted by Gasteiger charge is -1.54. The molecule has 0 saturated heterocycles. The second-order valence-corrected chi connectivity index (χ2v) is 0.339. The molecule has 0 fully saturated rings. The molecule has 3 heteroatoms. The van der Waals surface area contributed by atoms with E-state index < -0.39 is 6.08 Å². The van der Waals surface area contributed by atoms with Crippen LogP contribution in [0.4, 0.5) is 8.78 Å². The van der Waals surface area contributed by atoms with Gasteiger partial charge in [0.25, 0.3) is 6.08 Å². The third kappa shape index (κ3) is 44.8. The largest absolute Gasteiger partial charge is 0.412 e. The van der Waals surface area contributed by atoms with E-state index in [-0.39, 0.29) is 5.48 Å². The Balaban J connectivity index is 0. The second kappa shape index (κ2) is 3.56. The number of rotatable bonds is 0. The van der Waals surface area contributed by atoms with Crippen LogP contribution in [0.1, 0.15) is 0 Å². The van der Waals surface area contributed by atoms with Crippen LogP contribution >= 0.6 is 0 Å². The van der Waals surface area contributed by atoms with E-state index >= 15 is 0 Å². The molecule has 0 rings (SSSR count). The standard InChI is InChI=1S/C2H2F2.H2O/c1-2(3)4;/h1H2;1H2. The molecule has 1 nitrogen and oxygen atoms in total. The molecular formula is C2H4F2O. The van der Waals surface area contributed by atoms with Gasteiger partial charge in [-0.25, -0.2) is 0 Å². The Morgan fingerprint density at radius 2 is 1.40 bits per heavy atom. The van der Waals surface area contributed by atoms with Crippen LogP contribution in [0.25, 0.3) is 0 Å². The Hall–Kier alpha value is -0.440. The monoisotopic (exact) mass is 82.0 g/mol. The van der Waals surface area contributed by atoms with E-state index in [0.29, 0.717) is 0 Å². The lowest BCUT2D eigenvalue weighted by molar-refractivity contribution is 0.426. The van der Waals surface area contributed by atoms with Crippen molar-refractivity contribution in [2.45, 2.75) is 0 Å². The summed E-state index contributed by atoms with van der Waals surface area (Å²) >= 11 is 0. The molecule has 0 aliphatic carbocycles. The summed E-state index contributed by atoms with van der Waals surface area (Å²) in [4.78, 5) is 0. The fourth-order valence-corrected chi connectivity index (χ4v) is 0. The average Bonchev–Trinajstić information content (AvgIpc) is 0.811. The number of hydrogen-bond donors (Lipinski definition) is 0. The number of halogens is 2. The molecule has 0 aliphatic heterocycles. The average molecular weight is 82.0 g/mol. The molecule has 0 aliphatic rings. The molecule has 0 amide bonds. The van der Waals surface area contributed by atoms with Crippen molar-refractivity contribution in [3.05, 3.63) is 12.7 Å². The molecule has 0 bridgehead atoms. The zero-order chi connectivity index (χ0) is 3.58. The minimum Gasteiger partial charge on any atom is -0.412 e. The highest BCUT2D eigenvalue weighted by atomic mass is 19.3. The van der Waals surface area contributed by atoms with Crippen LogP contribution in [0.2, 0.25) is 0 Å². The Morgan fingerprint density at radius 1 is 1.40 bits per heavy atom. The zero-order valence-electron chi connectivity index (χ0n) is 2.46. The summed E-state index contributed by atoms with van der Waals surface area (Å²) in [6.07, 6.45) is -1.83. The first kappa shape index (κ1) is 8.82. The van der Waals surface area contributed by atoms with Gasteiger partial charge in [-0.3, -0.25) is 0 Å². The fourth-order valence-electron chi connectivity index (χ4n) is 0. The molecule has 0 aromatic heterocycles. The van der Waals surface area contributed by atoms with Crippen molar-refractivity contribution in [2.75, 3.05) is 0 Å². The van der Waals surface area contributed by atoms with Gasteiger partial charge in [-0.1, -0.05) is 0 Å². The first-order chi connectivity index (χ1) is 1.73. The Kier molecular flexibility index (Phi) is 6.28. The zero-order valence-corrected chi connectivity index (χ0v) is 2.46. The highest BCUT2D eigenvalue weighted by molar-refractivity contribution is 4.57. The van der Waals surface area contributed by atoms with E-state index in [0.717, 1.165) is 0 Å². The van der Waals surface area contributed by atoms with Crippen LogP contribution in [0.3, 0.4) is 0 Å². The maximum Gasteiger partial charge on any atom is 0.263 e. The van der Waals surface area contributed by atoms with E-state index in [4.69, 9.17) is 0 Å². The summed E-state index contributed by atoms with van der Waals surface area (Å²) in [5, 5.41) is 0. The molecule has 0 heterocycles. The Morgan fingerprint density at radius 3 is 1.40 bits per heavy atom. The first-order valence-corrected chi connectivity index (χ1v) is 0.732. The van der Waals surface area contributed by atoms with E-state index in [2.05, 4.69) is 6.58 Å². The quantitative estimate of drug-likeness (QED) is 0.409. The van der Waals surface area contributed by atoms with E-state index in [9.17, 15) is 8.78 Å². The van der Waals surface area contributed by atoms with Gasteiger partial charge in [-0.15, -0.1) is 0 Å². The predicted octanol–water partition coefficient (Wildman–Crippen LogP) is 0.572. The molecule has 0 spiro atoms. The molecular weight excluding hydrogens is 78.0 g/mol. The summed E-state index contributed by atoms with van der Waals surface area (Å²) in [6.45, 7) is 2.22. The van der Waals surface area contributed by atoms with Gasteiger partial charge in [-0.2, -0.15) is 8.78 Å². The third-order valence-electron chi connectivity index (χ3n) is 0. The lowest BCUT2D eigenvalue weighted by atomic mass is 11.2. The summed E-state index contributed by atoms with van der Waals surface area (Å²) in [5.41, 5.74) is 0. The van der Waals surface area contributed by atoms with Gasteiger partial charge in [0.2, 0.25) is 0 Å². The van der Waals surface area contributed by atoms with Crippen molar-refractivity contribution in [3.8, 4) is 0 Å². The summed E-state index contributed by atoms with van der Waals surface area (Å²) < 4.78 is 20.3. The van der Waals surface area contributed by atoms with Crippen LogP contribution in [0.15, 0.2) is 12.7 Å². The van der Waals surface area contributed by atoms with Gasteiger partial charge in [0.15, 0.2) is 0 Å². The minimum absolute atomic E-state index is 0. The topological polar surface area (TPSA) is 31.5 Å². The summed E-state index contributed by atoms with van der Waals surface area (Å²) in [7, 11) is 0. The van der Waals surface area contributed by atoms with E-state index in [1.54, 1.807) is 0 Å². The molecule has 32 valence electrons. The molecule has 5 heavy (non-hydrogen) atoms. The highest BCUT2D eigenvalue weighted by Crippen LogP contribution is 1.85. The van der Waals surface area contributed by atoms with Crippen molar-refractivity contribution in [1.29, 1.82) is 0 Å². The van der Waals surface area contributed by atoms with Crippen LogP contribution in [-0.2, 0) is 0 Å². The van der Waals surface area contributed by atoms with E-state index in [1.807, 2.05) is 0 Å². The smallest absolute Gasteiger partial charge is 0.263 e. The molecule has 0 atom stereocenters. The van der Waals surface area contributed by atoms with Crippen LogP contribution < -0.4 is 0 Å². The van der Waals surface area contributed by atoms with Crippen LogP contribution in [0.5, 0.6) is 0 Å². The van der Waals surface area contributed by atoms with Crippen LogP contribution in [-0.4, -0.2) is 5.48 Å². The van der Waals surface area contributed by atoms with Gasteiger partial charge in [0.05, 0.1) is 0 Å². The summed E-state index contributed by atoms with van der Waals surface area (Å²) in [5.74, 6) is 0. The predicted molar refractivity (Wildman–Crippen MR) is 15.0 cm³/mol. The van der Waals surface area contributed by atoms with Gasteiger partial charge in [-0.05, 0) is 6.58 Å². The first-order valence-electron chi connectivity index (χ1n) is 0.732. The second-order valence-electron chi connectivity index (χ2n) is 0.339. The van der Waals surface area contributed by atoms with Gasteiger partial charge in [0.1, 0.15) is 0 Å². The fraction of sp³-hybridized carbons (Fsp3) is 0. The third-order valence-corrected chi connectivity index (χ3v) is 0. The molecule has 0 unspecified atom stereocenters. The van der Waals surface area contributed by atoms with Gasteiger partial charge < -0.3 is 5.48 Å². The van der Waals surface area contributed by atoms with Gasteiger partial charge in [0, 0.05) is 0 Å². The van der Waals surface area contributed by atoms with Crippen molar-refractivity contribution in [2.24, 2.45) is 0 Å². The molecule has 0 aromatic carbocycles. The molecule has 0 aromatic rings. The lowest BCUT2D eigenvalue weighted by Crippen LogP contribution is -1.33. The van der Waals surface area contributed by atoms with Crippen molar-refractivity contribution >= 4 is 0 Å². The van der Waals surface area contributed by atoms with Gasteiger partial charge >= 0.3 is 0 Å². The summed E-state index contributed by atoms with van der Waals surface area (Å²) in [6, 6.07) is 0. The maximum absolute atomic E-state index is 10.1. The van der Waals surface area contributed by atoms with Crippen molar-refractivity contribution < 1.29 is 14.3 Å². The molecule has 2 N–H and O–H groups in total. The Labute approximate surface area is 28.2 Å².